The Morgan fingerprint density at radius 1 is 1.04 bits per heavy atom. The van der Waals surface area contributed by atoms with Crippen LogP contribution in [0.5, 0.6) is 11.5 Å². The number of hydrogen-bond donors (Lipinski definition) is 1. The molecule has 148 valence electrons. The molecule has 0 radical (unpaired) electrons. The average Bonchev–Trinajstić information content (AvgIpc) is 2.73. The lowest BCUT2D eigenvalue weighted by atomic mass is 9.97. The highest BCUT2D eigenvalue weighted by molar-refractivity contribution is 5.77. The standard InChI is InChI=1S/C21H23FN2O4/c22-18-8-4-5-9-19(18)27-15-20(25)23-14-16-10-12-24(13-11-16)21(26)28-17-6-2-1-3-7-17/h1-9,16H,10-15H2,(H,23,25). The summed E-state index contributed by atoms with van der Waals surface area (Å²) in [7, 11) is 0. The maximum Gasteiger partial charge on any atom is 0.415 e. The van der Waals surface area contributed by atoms with E-state index in [1.165, 1.54) is 12.1 Å². The molecule has 0 atom stereocenters. The molecule has 2 aromatic rings. The Labute approximate surface area is 163 Å². The highest BCUT2D eigenvalue weighted by Gasteiger charge is 2.24. The summed E-state index contributed by atoms with van der Waals surface area (Å²) in [6, 6.07) is 14.9. The predicted molar refractivity (Wildman–Crippen MR) is 102 cm³/mol. The fourth-order valence-corrected chi connectivity index (χ4v) is 2.99. The van der Waals surface area contributed by atoms with Crippen LogP contribution in [0, 0.1) is 11.7 Å². The van der Waals surface area contributed by atoms with Crippen LogP contribution < -0.4 is 14.8 Å². The van der Waals surface area contributed by atoms with Crippen molar-refractivity contribution in [3.05, 3.63) is 60.4 Å². The predicted octanol–water partition coefficient (Wildman–Crippen LogP) is 3.23. The minimum Gasteiger partial charge on any atom is -0.481 e. The highest BCUT2D eigenvalue weighted by Crippen LogP contribution is 2.19. The number of nitrogens with zero attached hydrogens (tertiary/aromatic N) is 1. The topological polar surface area (TPSA) is 67.9 Å². The van der Waals surface area contributed by atoms with Crippen molar-refractivity contribution in [1.82, 2.24) is 10.2 Å². The molecule has 3 rings (SSSR count). The smallest absolute Gasteiger partial charge is 0.415 e. The Kier molecular flexibility index (Phi) is 6.84. The van der Waals surface area contributed by atoms with Crippen molar-refractivity contribution in [2.24, 2.45) is 5.92 Å². The van der Waals surface area contributed by atoms with Gasteiger partial charge in [0, 0.05) is 19.6 Å². The maximum atomic E-state index is 13.5. The van der Waals surface area contributed by atoms with Crippen molar-refractivity contribution in [2.75, 3.05) is 26.2 Å². The van der Waals surface area contributed by atoms with Gasteiger partial charge >= 0.3 is 6.09 Å². The van der Waals surface area contributed by atoms with Crippen molar-refractivity contribution in [3.63, 3.8) is 0 Å². The lowest BCUT2D eigenvalue weighted by molar-refractivity contribution is -0.123. The number of rotatable bonds is 6. The second-order valence-corrected chi connectivity index (χ2v) is 6.63. The third-order valence-corrected chi connectivity index (χ3v) is 4.60. The number of carbonyl (C=O) groups is 2. The number of piperidine rings is 1. The Morgan fingerprint density at radius 2 is 1.71 bits per heavy atom. The molecule has 1 saturated heterocycles. The van der Waals surface area contributed by atoms with E-state index in [1.54, 1.807) is 29.2 Å². The molecule has 0 bridgehead atoms. The molecule has 0 aromatic heterocycles. The molecule has 1 aliphatic rings. The summed E-state index contributed by atoms with van der Waals surface area (Å²) in [4.78, 5) is 25.8. The van der Waals surface area contributed by atoms with Gasteiger partial charge in [0.15, 0.2) is 18.2 Å². The van der Waals surface area contributed by atoms with Crippen LogP contribution in [0.15, 0.2) is 54.6 Å². The van der Waals surface area contributed by atoms with E-state index in [4.69, 9.17) is 9.47 Å². The zero-order valence-corrected chi connectivity index (χ0v) is 15.5. The van der Waals surface area contributed by atoms with Crippen LogP contribution in [-0.2, 0) is 4.79 Å². The van der Waals surface area contributed by atoms with E-state index in [0.717, 1.165) is 12.8 Å². The second kappa shape index (κ2) is 9.73. The monoisotopic (exact) mass is 386 g/mol. The number of nitrogens with one attached hydrogen (secondary N) is 1. The number of para-hydroxylation sites is 2. The van der Waals surface area contributed by atoms with E-state index in [2.05, 4.69) is 5.32 Å². The summed E-state index contributed by atoms with van der Waals surface area (Å²) in [5.41, 5.74) is 0. The van der Waals surface area contributed by atoms with E-state index >= 15 is 0 Å². The zero-order chi connectivity index (χ0) is 19.8. The molecule has 0 saturated carbocycles. The summed E-state index contributed by atoms with van der Waals surface area (Å²) < 4.78 is 24.0. The SMILES string of the molecule is O=C(COc1ccccc1F)NCC1CCN(C(=O)Oc2ccccc2)CC1. The second-order valence-electron chi connectivity index (χ2n) is 6.63. The van der Waals surface area contributed by atoms with Gasteiger partial charge in [-0.25, -0.2) is 9.18 Å². The number of hydrogen-bond acceptors (Lipinski definition) is 4. The first-order valence-corrected chi connectivity index (χ1v) is 9.27. The van der Waals surface area contributed by atoms with E-state index in [9.17, 15) is 14.0 Å². The maximum absolute atomic E-state index is 13.5. The van der Waals surface area contributed by atoms with E-state index in [0.29, 0.717) is 25.4 Å². The molecule has 0 spiro atoms. The minimum atomic E-state index is -0.495. The number of likely N-dealkylation sites (tertiary alicyclic amines) is 1. The van der Waals surface area contributed by atoms with E-state index in [1.807, 2.05) is 18.2 Å². The van der Waals surface area contributed by atoms with Gasteiger partial charge < -0.3 is 19.7 Å². The van der Waals surface area contributed by atoms with E-state index in [-0.39, 0.29) is 30.3 Å². The highest BCUT2D eigenvalue weighted by atomic mass is 19.1. The summed E-state index contributed by atoms with van der Waals surface area (Å²) >= 11 is 0. The quantitative estimate of drug-likeness (QED) is 0.828. The van der Waals surface area contributed by atoms with Gasteiger partial charge in [0.05, 0.1) is 0 Å². The molecule has 6 nitrogen and oxygen atoms in total. The third kappa shape index (κ3) is 5.70. The van der Waals surface area contributed by atoms with Gasteiger partial charge in [-0.2, -0.15) is 0 Å². The van der Waals surface area contributed by atoms with E-state index < -0.39 is 5.82 Å². The van der Waals surface area contributed by atoms with Crippen LogP contribution in [0.4, 0.5) is 9.18 Å². The molecule has 2 amide bonds. The molecule has 0 unspecified atom stereocenters. The normalized spacial score (nSPS) is 14.4. The largest absolute Gasteiger partial charge is 0.481 e. The van der Waals surface area contributed by atoms with Gasteiger partial charge in [-0.1, -0.05) is 30.3 Å². The van der Waals surface area contributed by atoms with Crippen LogP contribution in [0.3, 0.4) is 0 Å². The molecule has 0 aliphatic carbocycles. The number of benzene rings is 2. The number of carbonyl (C=O) groups excluding carboxylic acids is 2. The number of halogens is 1. The van der Waals surface area contributed by atoms with Crippen LogP contribution in [0.25, 0.3) is 0 Å². The fourth-order valence-electron chi connectivity index (χ4n) is 2.99. The van der Waals surface area contributed by atoms with Gasteiger partial charge in [0.25, 0.3) is 5.91 Å². The van der Waals surface area contributed by atoms with Crippen molar-refractivity contribution in [2.45, 2.75) is 12.8 Å². The zero-order valence-electron chi connectivity index (χ0n) is 15.5. The molecule has 1 N–H and O–H groups in total. The number of amides is 2. The van der Waals surface area contributed by atoms with Crippen LogP contribution >= 0.6 is 0 Å². The van der Waals surface area contributed by atoms with Crippen molar-refractivity contribution in [3.8, 4) is 11.5 Å². The van der Waals surface area contributed by atoms with Gasteiger partial charge in [0.1, 0.15) is 5.75 Å². The fraction of sp³-hybridized carbons (Fsp3) is 0.333. The summed E-state index contributed by atoms with van der Waals surface area (Å²) in [5, 5.41) is 2.80. The Bertz CT molecular complexity index is 792. The Morgan fingerprint density at radius 3 is 2.43 bits per heavy atom. The number of ether oxygens (including phenoxy) is 2. The van der Waals surface area contributed by atoms with Gasteiger partial charge in [-0.05, 0) is 43.0 Å². The molecular weight excluding hydrogens is 363 g/mol. The van der Waals surface area contributed by atoms with Crippen molar-refractivity contribution >= 4 is 12.0 Å². The molecular formula is C21H23FN2O4. The van der Waals surface area contributed by atoms with Crippen LogP contribution in [0.2, 0.25) is 0 Å². The minimum absolute atomic E-state index is 0.0582. The molecule has 2 aromatic carbocycles. The summed E-state index contributed by atoms with van der Waals surface area (Å²) in [6.07, 6.45) is 1.20. The van der Waals surface area contributed by atoms with Gasteiger partial charge in [-0.15, -0.1) is 0 Å². The first-order chi connectivity index (χ1) is 13.6. The van der Waals surface area contributed by atoms with Gasteiger partial charge in [0.2, 0.25) is 0 Å². The molecule has 7 heteroatoms. The third-order valence-electron chi connectivity index (χ3n) is 4.60. The first-order valence-electron chi connectivity index (χ1n) is 9.27. The lowest BCUT2D eigenvalue weighted by Crippen LogP contribution is -2.43. The molecule has 28 heavy (non-hydrogen) atoms. The first kappa shape index (κ1) is 19.7. The molecule has 1 fully saturated rings. The molecule has 1 aliphatic heterocycles. The van der Waals surface area contributed by atoms with Crippen molar-refractivity contribution < 1.29 is 23.5 Å². The van der Waals surface area contributed by atoms with Crippen molar-refractivity contribution in [1.29, 1.82) is 0 Å². The summed E-state index contributed by atoms with van der Waals surface area (Å²) in [5.74, 6) is 0.0667. The lowest BCUT2D eigenvalue weighted by Gasteiger charge is -2.31. The summed E-state index contributed by atoms with van der Waals surface area (Å²) in [6.45, 7) is 1.43. The average molecular weight is 386 g/mol. The van der Waals surface area contributed by atoms with Gasteiger partial charge in [-0.3, -0.25) is 4.79 Å². The van der Waals surface area contributed by atoms with Crippen LogP contribution in [0.1, 0.15) is 12.8 Å². The molecule has 1 heterocycles. The Balaban J connectivity index is 1.34. The Hall–Kier alpha value is -3.09. The van der Waals surface area contributed by atoms with Crippen LogP contribution in [-0.4, -0.2) is 43.1 Å².